The van der Waals surface area contributed by atoms with Crippen molar-refractivity contribution in [2.24, 2.45) is 0 Å². The second kappa shape index (κ2) is 8.78. The summed E-state index contributed by atoms with van der Waals surface area (Å²) in [6.07, 6.45) is 0. The summed E-state index contributed by atoms with van der Waals surface area (Å²) in [5.74, 6) is 0. The minimum absolute atomic E-state index is 0.623. The number of nitrogens with zero attached hydrogens (tertiary/aromatic N) is 4. The van der Waals surface area contributed by atoms with Gasteiger partial charge in [-0.25, -0.2) is 4.85 Å². The molecule has 0 aliphatic heterocycles. The number of anilines is 3. The van der Waals surface area contributed by atoms with E-state index in [1.165, 1.54) is 76.2 Å². The number of hydrogen-bond acceptors (Lipinski definition) is 1. The summed E-state index contributed by atoms with van der Waals surface area (Å²) in [6.45, 7) is 7.90. The number of benzene rings is 7. The summed E-state index contributed by atoms with van der Waals surface area (Å²) in [7, 11) is 0. The van der Waals surface area contributed by atoms with Crippen molar-refractivity contribution in [1.29, 1.82) is 0 Å². The maximum atomic E-state index is 7.90. The summed E-state index contributed by atoms with van der Waals surface area (Å²) in [5, 5.41) is 10.1. The van der Waals surface area contributed by atoms with Crippen LogP contribution >= 0.6 is 0 Å². The average Bonchev–Trinajstić information content (AvgIpc) is 3.85. The predicted molar refractivity (Wildman–Crippen MR) is 197 cm³/mol. The molecule has 7 aromatic carbocycles. The van der Waals surface area contributed by atoms with E-state index < -0.39 is 0 Å². The van der Waals surface area contributed by atoms with Crippen molar-refractivity contribution in [3.05, 3.63) is 157 Å². The van der Waals surface area contributed by atoms with Gasteiger partial charge >= 0.3 is 0 Å². The normalized spacial score (nSPS) is 12.2. The Labute approximate surface area is 269 Å². The first-order chi connectivity index (χ1) is 23.3. The molecular formula is C43H24N4. The fourth-order valence-electron chi connectivity index (χ4n) is 8.28. The van der Waals surface area contributed by atoms with Gasteiger partial charge in [0.1, 0.15) is 0 Å². The monoisotopic (exact) mass is 596 g/mol. The molecule has 0 N–H and O–H groups in total. The molecule has 216 valence electrons. The van der Waals surface area contributed by atoms with Crippen LogP contribution in [-0.4, -0.2) is 8.80 Å². The van der Waals surface area contributed by atoms with Gasteiger partial charge in [-0.15, -0.1) is 0 Å². The smallest absolute Gasteiger partial charge is 0.210 e. The molecule has 11 aromatic rings. The number of fused-ring (bicyclic) bond motifs is 12. The van der Waals surface area contributed by atoms with Crippen molar-refractivity contribution in [1.82, 2.24) is 8.80 Å². The fourth-order valence-corrected chi connectivity index (χ4v) is 8.28. The largest absolute Gasteiger partial charge is 0.320 e. The number of hydrogen-bond donors (Lipinski definition) is 0. The molecule has 0 aliphatic rings. The van der Waals surface area contributed by atoms with E-state index in [1.54, 1.807) is 0 Å². The third-order valence-electron chi connectivity index (χ3n) is 10.2. The highest BCUT2D eigenvalue weighted by molar-refractivity contribution is 6.29. The van der Waals surface area contributed by atoms with Crippen LogP contribution in [0, 0.1) is 6.57 Å². The zero-order valence-electron chi connectivity index (χ0n) is 25.1. The Hall–Kier alpha value is -6.57. The van der Waals surface area contributed by atoms with E-state index >= 15 is 0 Å². The van der Waals surface area contributed by atoms with Gasteiger partial charge in [-0.3, -0.25) is 0 Å². The molecule has 0 amide bonds. The topological polar surface area (TPSA) is 16.4 Å². The van der Waals surface area contributed by atoms with Crippen LogP contribution in [0.4, 0.5) is 22.7 Å². The summed E-state index contributed by atoms with van der Waals surface area (Å²) in [5.41, 5.74) is 11.0. The maximum absolute atomic E-state index is 7.90. The highest BCUT2D eigenvalue weighted by Crippen LogP contribution is 2.46. The molecule has 0 aliphatic carbocycles. The first-order valence-electron chi connectivity index (χ1n) is 15.9. The zero-order chi connectivity index (χ0) is 30.8. The third kappa shape index (κ3) is 3.06. The van der Waals surface area contributed by atoms with Crippen molar-refractivity contribution in [3.8, 4) is 0 Å². The molecule has 4 aromatic heterocycles. The van der Waals surface area contributed by atoms with Crippen LogP contribution in [-0.2, 0) is 0 Å². The average molecular weight is 597 g/mol. The van der Waals surface area contributed by atoms with Crippen LogP contribution < -0.4 is 4.90 Å². The molecular weight excluding hydrogens is 573 g/mol. The number of aromatic nitrogens is 2. The first-order valence-corrected chi connectivity index (χ1v) is 15.9. The number of para-hydroxylation sites is 6. The Morgan fingerprint density at radius 3 is 1.62 bits per heavy atom. The molecule has 4 nitrogen and oxygen atoms in total. The van der Waals surface area contributed by atoms with Gasteiger partial charge in [0.25, 0.3) is 0 Å². The van der Waals surface area contributed by atoms with E-state index in [0.29, 0.717) is 5.69 Å². The molecule has 4 heterocycles. The van der Waals surface area contributed by atoms with Crippen LogP contribution in [0.5, 0.6) is 0 Å². The van der Waals surface area contributed by atoms with E-state index in [9.17, 15) is 0 Å². The van der Waals surface area contributed by atoms with Crippen molar-refractivity contribution in [2.45, 2.75) is 0 Å². The van der Waals surface area contributed by atoms with Crippen LogP contribution in [0.2, 0.25) is 0 Å². The molecule has 11 rings (SSSR count). The summed E-state index contributed by atoms with van der Waals surface area (Å²) >= 11 is 0. The molecule has 0 atom stereocenters. The third-order valence-corrected chi connectivity index (χ3v) is 10.2. The van der Waals surface area contributed by atoms with Gasteiger partial charge in [0.2, 0.25) is 5.69 Å². The molecule has 0 unspecified atom stereocenters. The van der Waals surface area contributed by atoms with E-state index in [2.05, 4.69) is 122 Å². The highest BCUT2D eigenvalue weighted by atomic mass is 15.2. The lowest BCUT2D eigenvalue weighted by atomic mass is 10.0. The Kier molecular flexibility index (Phi) is 4.62. The number of rotatable bonds is 3. The van der Waals surface area contributed by atoms with Gasteiger partial charge in [0.15, 0.2) is 0 Å². The van der Waals surface area contributed by atoms with E-state index in [0.717, 1.165) is 17.1 Å². The molecule has 4 heteroatoms. The Morgan fingerprint density at radius 1 is 0.404 bits per heavy atom. The molecule has 0 fully saturated rings. The first kappa shape index (κ1) is 24.7. The molecule has 0 saturated heterocycles. The van der Waals surface area contributed by atoms with Crippen LogP contribution in [0.15, 0.2) is 146 Å². The second-order valence-electron chi connectivity index (χ2n) is 12.5. The van der Waals surface area contributed by atoms with E-state index in [-0.39, 0.29) is 0 Å². The van der Waals surface area contributed by atoms with Gasteiger partial charge < -0.3 is 13.7 Å². The minimum atomic E-state index is 0.623. The van der Waals surface area contributed by atoms with Crippen molar-refractivity contribution in [3.63, 3.8) is 0 Å². The summed E-state index contributed by atoms with van der Waals surface area (Å²) in [6, 6.07) is 51.9. The highest BCUT2D eigenvalue weighted by Gasteiger charge is 2.23. The van der Waals surface area contributed by atoms with Gasteiger partial charge in [-0.1, -0.05) is 91.0 Å². The summed E-state index contributed by atoms with van der Waals surface area (Å²) in [4.78, 5) is 6.08. The standard InChI is InChI=1S/C43H24N4/c1-44-36-18-6-8-20-39(36)45(26-11-3-2-4-12-26)27-21-22-38-33(23-27)30-15-10-17-32-35-24-40-34(25-41(35)47(38)43(30)32)31-16-9-14-29-28-13-5-7-19-37(28)46(40)42(29)31/h2-25H. The molecule has 0 spiro atoms. The van der Waals surface area contributed by atoms with Crippen molar-refractivity contribution < 1.29 is 0 Å². The van der Waals surface area contributed by atoms with Crippen molar-refractivity contribution >= 4 is 98.9 Å². The van der Waals surface area contributed by atoms with Gasteiger partial charge in [-0.2, -0.15) is 0 Å². The molecule has 0 radical (unpaired) electrons. The molecule has 47 heavy (non-hydrogen) atoms. The lowest BCUT2D eigenvalue weighted by molar-refractivity contribution is 1.29. The lowest BCUT2D eigenvalue weighted by Crippen LogP contribution is -2.09. The Bertz CT molecular complexity index is 3080. The predicted octanol–water partition coefficient (Wildman–Crippen LogP) is 12.0. The second-order valence-corrected chi connectivity index (χ2v) is 12.5. The van der Waals surface area contributed by atoms with E-state index in [4.69, 9.17) is 6.57 Å². The van der Waals surface area contributed by atoms with Crippen LogP contribution in [0.1, 0.15) is 0 Å². The minimum Gasteiger partial charge on any atom is -0.320 e. The Balaban J connectivity index is 1.23. The lowest BCUT2D eigenvalue weighted by Gasteiger charge is -2.26. The van der Waals surface area contributed by atoms with Crippen LogP contribution in [0.25, 0.3) is 81.0 Å². The molecule has 0 saturated carbocycles. The van der Waals surface area contributed by atoms with Gasteiger partial charge in [0.05, 0.1) is 45.4 Å². The molecule has 0 bridgehead atoms. The van der Waals surface area contributed by atoms with Crippen molar-refractivity contribution in [2.75, 3.05) is 4.90 Å². The van der Waals surface area contributed by atoms with E-state index in [1.807, 2.05) is 42.5 Å². The fraction of sp³-hybridized carbons (Fsp3) is 0. The Morgan fingerprint density at radius 2 is 0.936 bits per heavy atom. The maximum Gasteiger partial charge on any atom is 0.210 e. The van der Waals surface area contributed by atoms with Crippen LogP contribution in [0.3, 0.4) is 0 Å². The summed E-state index contributed by atoms with van der Waals surface area (Å²) < 4.78 is 4.93. The SMILES string of the molecule is [C-]#[N+]c1ccccc1N(c1ccccc1)c1ccc2c(c1)c1cccc3c4cc5c(cc4n2c13)c1cccc2c3ccccc3n5c21. The van der Waals surface area contributed by atoms with Gasteiger partial charge in [0, 0.05) is 54.5 Å². The quantitative estimate of drug-likeness (QED) is 0.185. The van der Waals surface area contributed by atoms with Gasteiger partial charge in [-0.05, 0) is 54.6 Å². The zero-order valence-corrected chi connectivity index (χ0v) is 25.1.